The zero-order chi connectivity index (χ0) is 25.5. The lowest BCUT2D eigenvalue weighted by Gasteiger charge is -2.53. The van der Waals surface area contributed by atoms with Gasteiger partial charge in [-0.2, -0.15) is 0 Å². The summed E-state index contributed by atoms with van der Waals surface area (Å²) < 4.78 is 10.7. The molecule has 0 bridgehead atoms. The normalized spacial score (nSPS) is 16.4. The van der Waals surface area contributed by atoms with Gasteiger partial charge >= 0.3 is 11.9 Å². The number of nitro groups is 1. The van der Waals surface area contributed by atoms with E-state index in [0.29, 0.717) is 29.7 Å². The number of quaternary nitrogens is 1. The van der Waals surface area contributed by atoms with Crippen LogP contribution in [0.2, 0.25) is 0 Å². The molecule has 11 nitrogen and oxygen atoms in total. The highest BCUT2D eigenvalue weighted by atomic mass is 16.6. The second kappa shape index (κ2) is 11.7. The minimum Gasteiger partial charge on any atom is -0.465 e. The molecule has 0 spiro atoms. The molecule has 1 fully saturated rings. The number of β-lactam (4-membered cyclic amide) rings is 1. The van der Waals surface area contributed by atoms with E-state index in [9.17, 15) is 29.3 Å². The standard InChI is InChI=1S/C23H32N3O8/c1-5-26(6-2,7-3)20-14-21(29)24(20)22(19(28)12-13-33-16(4)27)23(30)34-15-17-8-10-18(11-9-17)25(31)32/h8-11,20,22H,5-7,12-15H2,1-4H3/q+1. The Bertz CT molecular complexity index is 918. The first-order valence-corrected chi connectivity index (χ1v) is 11.3. The molecule has 0 aliphatic carbocycles. The molecule has 2 unspecified atom stereocenters. The molecule has 1 aromatic rings. The van der Waals surface area contributed by atoms with Crippen LogP contribution in [0.4, 0.5) is 5.69 Å². The Kier molecular flexibility index (Phi) is 9.25. The van der Waals surface area contributed by atoms with Gasteiger partial charge in [-0.3, -0.25) is 29.4 Å². The van der Waals surface area contributed by atoms with E-state index in [1.807, 2.05) is 20.8 Å². The van der Waals surface area contributed by atoms with Gasteiger partial charge in [0.15, 0.2) is 18.0 Å². The van der Waals surface area contributed by atoms with E-state index in [0.717, 1.165) is 0 Å². The topological polar surface area (TPSA) is 133 Å². The van der Waals surface area contributed by atoms with E-state index in [1.165, 1.54) is 36.1 Å². The number of nitro benzene ring substituents is 1. The third-order valence-electron chi connectivity index (χ3n) is 6.48. The highest BCUT2D eigenvalue weighted by Crippen LogP contribution is 2.32. The van der Waals surface area contributed by atoms with Gasteiger partial charge < -0.3 is 14.0 Å². The molecule has 0 N–H and O–H groups in total. The van der Waals surface area contributed by atoms with Gasteiger partial charge in [0.05, 0.1) is 37.6 Å². The Labute approximate surface area is 198 Å². The molecular formula is C23H32N3O8+. The van der Waals surface area contributed by atoms with E-state index >= 15 is 0 Å². The smallest absolute Gasteiger partial charge is 0.337 e. The molecule has 1 heterocycles. The Balaban J connectivity index is 2.24. The maximum Gasteiger partial charge on any atom is 0.337 e. The molecule has 1 aliphatic heterocycles. The molecule has 1 amide bonds. The van der Waals surface area contributed by atoms with Crippen LogP contribution in [0.15, 0.2) is 24.3 Å². The molecule has 34 heavy (non-hydrogen) atoms. The summed E-state index contributed by atoms with van der Waals surface area (Å²) in [7, 11) is 0. The first kappa shape index (κ1) is 26.9. The molecule has 0 aromatic heterocycles. The number of Topliss-reactive ketones (excluding diaryl/α,β-unsaturated/α-hetero) is 1. The van der Waals surface area contributed by atoms with Crippen molar-refractivity contribution in [2.75, 3.05) is 26.2 Å². The van der Waals surface area contributed by atoms with Gasteiger partial charge in [0.25, 0.3) is 5.69 Å². The van der Waals surface area contributed by atoms with E-state index < -0.39 is 28.7 Å². The highest BCUT2D eigenvalue weighted by Gasteiger charge is 2.55. The van der Waals surface area contributed by atoms with Gasteiger partial charge in [-0.05, 0) is 38.5 Å². The van der Waals surface area contributed by atoms with Gasteiger partial charge in [0.1, 0.15) is 6.61 Å². The van der Waals surface area contributed by atoms with E-state index in [1.54, 1.807) is 0 Å². The SMILES string of the molecule is CC[N+](CC)(CC)C1CC(=O)N1C(C(=O)CCOC(C)=O)C(=O)OCc1ccc([N+](=O)[O-])cc1. The van der Waals surface area contributed by atoms with Crippen LogP contribution in [-0.2, 0) is 35.3 Å². The van der Waals surface area contributed by atoms with Crippen LogP contribution >= 0.6 is 0 Å². The summed E-state index contributed by atoms with van der Waals surface area (Å²) in [6.45, 7) is 8.93. The monoisotopic (exact) mass is 478 g/mol. The van der Waals surface area contributed by atoms with Crippen molar-refractivity contribution in [3.05, 3.63) is 39.9 Å². The lowest BCUT2D eigenvalue weighted by molar-refractivity contribution is -0.959. The largest absolute Gasteiger partial charge is 0.465 e. The molecule has 0 radical (unpaired) electrons. The van der Waals surface area contributed by atoms with Gasteiger partial charge in [-0.15, -0.1) is 0 Å². The number of rotatable bonds is 13. The first-order valence-electron chi connectivity index (χ1n) is 11.3. The molecule has 2 atom stereocenters. The van der Waals surface area contributed by atoms with Crippen LogP contribution in [0.3, 0.4) is 0 Å². The Morgan fingerprint density at radius 2 is 1.71 bits per heavy atom. The number of non-ortho nitro benzene ring substituents is 1. The lowest BCUT2D eigenvalue weighted by atomic mass is 9.97. The van der Waals surface area contributed by atoms with Crippen LogP contribution < -0.4 is 0 Å². The number of ketones is 1. The number of nitrogens with zero attached hydrogens (tertiary/aromatic N) is 3. The molecule has 11 heteroatoms. The van der Waals surface area contributed by atoms with Crippen LogP contribution in [0, 0.1) is 10.1 Å². The predicted molar refractivity (Wildman–Crippen MR) is 120 cm³/mol. The summed E-state index contributed by atoms with van der Waals surface area (Å²) in [4.78, 5) is 61.4. The zero-order valence-electron chi connectivity index (χ0n) is 20.0. The van der Waals surface area contributed by atoms with Crippen molar-refractivity contribution in [2.24, 2.45) is 0 Å². The van der Waals surface area contributed by atoms with Crippen molar-refractivity contribution < 1.29 is 38.1 Å². The van der Waals surface area contributed by atoms with Crippen molar-refractivity contribution >= 4 is 29.3 Å². The number of hydrogen-bond donors (Lipinski definition) is 0. The van der Waals surface area contributed by atoms with Gasteiger partial charge in [-0.25, -0.2) is 4.79 Å². The summed E-state index contributed by atoms with van der Waals surface area (Å²) in [5.41, 5.74) is 0.396. The van der Waals surface area contributed by atoms with Crippen molar-refractivity contribution in [1.29, 1.82) is 0 Å². The summed E-state index contributed by atoms with van der Waals surface area (Å²) in [6.07, 6.45) is -0.363. The number of carbonyl (C=O) groups excluding carboxylic acids is 4. The van der Waals surface area contributed by atoms with Gasteiger partial charge in [0.2, 0.25) is 5.91 Å². The Morgan fingerprint density at radius 3 is 2.18 bits per heavy atom. The summed E-state index contributed by atoms with van der Waals surface area (Å²) in [5, 5.41) is 10.8. The maximum absolute atomic E-state index is 13.1. The number of ether oxygens (including phenoxy) is 2. The molecule has 2 rings (SSSR count). The summed E-state index contributed by atoms with van der Waals surface area (Å²) >= 11 is 0. The first-order chi connectivity index (χ1) is 16.1. The molecule has 1 aliphatic rings. The number of benzene rings is 1. The minimum absolute atomic E-state index is 0.101. The second-order valence-corrected chi connectivity index (χ2v) is 8.14. The van der Waals surface area contributed by atoms with Crippen molar-refractivity contribution in [3.8, 4) is 0 Å². The number of hydrogen-bond acceptors (Lipinski definition) is 8. The van der Waals surface area contributed by atoms with Crippen molar-refractivity contribution in [1.82, 2.24) is 4.90 Å². The van der Waals surface area contributed by atoms with Crippen molar-refractivity contribution in [3.63, 3.8) is 0 Å². The quantitative estimate of drug-likeness (QED) is 0.105. The number of esters is 2. The van der Waals surface area contributed by atoms with Crippen LogP contribution in [0.1, 0.15) is 46.1 Å². The average Bonchev–Trinajstić information content (AvgIpc) is 2.81. The predicted octanol–water partition coefficient (Wildman–Crippen LogP) is 1.96. The Morgan fingerprint density at radius 1 is 1.12 bits per heavy atom. The van der Waals surface area contributed by atoms with Crippen LogP contribution in [0.25, 0.3) is 0 Å². The fourth-order valence-corrected chi connectivity index (χ4v) is 4.27. The fourth-order valence-electron chi connectivity index (χ4n) is 4.27. The molecular weight excluding hydrogens is 446 g/mol. The summed E-state index contributed by atoms with van der Waals surface area (Å²) in [6, 6.07) is 4.02. The molecule has 186 valence electrons. The van der Waals surface area contributed by atoms with E-state index in [-0.39, 0.29) is 43.8 Å². The minimum atomic E-state index is -1.46. The average molecular weight is 479 g/mol. The highest BCUT2D eigenvalue weighted by molar-refractivity contribution is 6.07. The lowest BCUT2D eigenvalue weighted by Crippen LogP contribution is -2.74. The van der Waals surface area contributed by atoms with Crippen LogP contribution in [0.5, 0.6) is 0 Å². The van der Waals surface area contributed by atoms with Crippen molar-refractivity contribution in [2.45, 2.75) is 59.4 Å². The molecule has 1 saturated heterocycles. The third kappa shape index (κ3) is 5.96. The molecule has 0 saturated carbocycles. The van der Waals surface area contributed by atoms with E-state index in [2.05, 4.69) is 0 Å². The summed E-state index contributed by atoms with van der Waals surface area (Å²) in [5.74, 6) is -2.33. The second-order valence-electron chi connectivity index (χ2n) is 8.14. The zero-order valence-corrected chi connectivity index (χ0v) is 20.0. The van der Waals surface area contributed by atoms with E-state index in [4.69, 9.17) is 9.47 Å². The Hall–Kier alpha value is -3.34. The van der Waals surface area contributed by atoms with Crippen LogP contribution in [-0.4, -0.2) is 76.4 Å². The molecule has 1 aromatic carbocycles. The fraction of sp³-hybridized carbons (Fsp3) is 0.565. The number of likely N-dealkylation sites (tertiary alicyclic amines) is 1. The number of carbonyl (C=O) groups is 4. The van der Waals surface area contributed by atoms with Gasteiger partial charge in [-0.1, -0.05) is 0 Å². The third-order valence-corrected chi connectivity index (χ3v) is 6.48. The number of amides is 1. The van der Waals surface area contributed by atoms with Gasteiger partial charge in [0, 0.05) is 25.5 Å². The maximum atomic E-state index is 13.1.